The molecule has 0 fully saturated rings. The number of allylic oxidation sites excluding steroid dienone is 3. The quantitative estimate of drug-likeness (QED) is 0.583. The Morgan fingerprint density at radius 3 is 2.80 bits per heavy atom. The Kier molecular flexibility index (Phi) is 6.56. The number of thiophene rings is 1. The van der Waals surface area contributed by atoms with Crippen LogP contribution in [-0.2, 0) is 27.2 Å². The van der Waals surface area contributed by atoms with Crippen molar-refractivity contribution < 1.29 is 19.1 Å². The molecular weight excluding hydrogens is 462 g/mol. The van der Waals surface area contributed by atoms with Gasteiger partial charge in [0, 0.05) is 52.1 Å². The van der Waals surface area contributed by atoms with Gasteiger partial charge < -0.3 is 15.4 Å². The minimum atomic E-state index is -0.506. The lowest BCUT2D eigenvalue weighted by atomic mass is 9.75. The van der Waals surface area contributed by atoms with E-state index < -0.39 is 11.9 Å². The fourth-order valence-corrected chi connectivity index (χ4v) is 6.68. The van der Waals surface area contributed by atoms with Crippen molar-refractivity contribution in [3.63, 3.8) is 0 Å². The molecule has 5 rings (SSSR count). The molecule has 0 aromatic carbocycles. The number of carbonyl (C=O) groups is 3. The largest absolute Gasteiger partial charge is 0.462 e. The zero-order valence-corrected chi connectivity index (χ0v) is 20.8. The smallest absolute Gasteiger partial charge is 0.341 e. The SMILES string of the molecule is CCOC(=O)c1c(NC(=O)C2=C(C)NC3=C(C(=O)CCC3)[C@H]2c2cccnc2)sc2c1CCCC2. The fraction of sp³-hybridized carbons (Fsp3) is 0.407. The summed E-state index contributed by atoms with van der Waals surface area (Å²) in [4.78, 5) is 45.2. The summed E-state index contributed by atoms with van der Waals surface area (Å²) in [6, 6.07) is 3.73. The van der Waals surface area contributed by atoms with Gasteiger partial charge in [0.25, 0.3) is 5.91 Å². The van der Waals surface area contributed by atoms with Crippen molar-refractivity contribution in [2.45, 2.75) is 64.7 Å². The van der Waals surface area contributed by atoms with Gasteiger partial charge in [-0.15, -0.1) is 11.3 Å². The first kappa shape index (κ1) is 23.5. The molecular formula is C27H29N3O4S. The molecule has 1 aliphatic heterocycles. The van der Waals surface area contributed by atoms with Crippen LogP contribution in [0.4, 0.5) is 5.00 Å². The van der Waals surface area contributed by atoms with Crippen molar-refractivity contribution in [2.24, 2.45) is 0 Å². The Balaban J connectivity index is 1.55. The van der Waals surface area contributed by atoms with E-state index in [-0.39, 0.29) is 18.3 Å². The second kappa shape index (κ2) is 9.77. The molecule has 3 heterocycles. The monoisotopic (exact) mass is 491 g/mol. The minimum absolute atomic E-state index is 0.0594. The van der Waals surface area contributed by atoms with E-state index in [1.165, 1.54) is 11.3 Å². The molecule has 0 saturated heterocycles. The van der Waals surface area contributed by atoms with Gasteiger partial charge in [0.2, 0.25) is 0 Å². The van der Waals surface area contributed by atoms with Gasteiger partial charge >= 0.3 is 5.97 Å². The number of nitrogens with one attached hydrogen (secondary N) is 2. The molecule has 1 atom stereocenters. The Hall–Kier alpha value is -3.26. The van der Waals surface area contributed by atoms with Crippen LogP contribution < -0.4 is 10.6 Å². The third-order valence-corrected chi connectivity index (χ3v) is 8.12. The summed E-state index contributed by atoms with van der Waals surface area (Å²) in [5, 5.41) is 6.91. The van der Waals surface area contributed by atoms with Gasteiger partial charge in [0.05, 0.1) is 12.2 Å². The van der Waals surface area contributed by atoms with Crippen molar-refractivity contribution in [2.75, 3.05) is 11.9 Å². The predicted octanol–water partition coefficient (Wildman–Crippen LogP) is 4.81. The van der Waals surface area contributed by atoms with E-state index in [4.69, 9.17) is 4.74 Å². The number of ether oxygens (including phenoxy) is 1. The van der Waals surface area contributed by atoms with E-state index in [0.29, 0.717) is 33.8 Å². The van der Waals surface area contributed by atoms with E-state index in [2.05, 4.69) is 15.6 Å². The highest BCUT2D eigenvalue weighted by Crippen LogP contribution is 2.43. The first-order chi connectivity index (χ1) is 17.0. The number of pyridine rings is 1. The maximum atomic E-state index is 13.9. The molecule has 8 heteroatoms. The van der Waals surface area contributed by atoms with Crippen LogP contribution in [-0.4, -0.2) is 29.3 Å². The topological polar surface area (TPSA) is 97.4 Å². The summed E-state index contributed by atoms with van der Waals surface area (Å²) < 4.78 is 5.35. The number of rotatable bonds is 5. The van der Waals surface area contributed by atoms with Crippen LogP contribution in [0.25, 0.3) is 0 Å². The maximum Gasteiger partial charge on any atom is 0.341 e. The zero-order valence-electron chi connectivity index (χ0n) is 20.0. The van der Waals surface area contributed by atoms with Crippen molar-refractivity contribution in [3.05, 3.63) is 68.6 Å². The van der Waals surface area contributed by atoms with Gasteiger partial charge in [-0.2, -0.15) is 0 Å². The molecule has 0 unspecified atom stereocenters. The van der Waals surface area contributed by atoms with Crippen LogP contribution in [0.15, 0.2) is 47.1 Å². The summed E-state index contributed by atoms with van der Waals surface area (Å²) in [6.07, 6.45) is 9.22. The summed E-state index contributed by atoms with van der Waals surface area (Å²) in [6.45, 7) is 3.92. The Labute approximate surface area is 208 Å². The van der Waals surface area contributed by atoms with Crippen LogP contribution in [0.2, 0.25) is 0 Å². The number of dihydropyridines is 1. The van der Waals surface area contributed by atoms with E-state index in [1.807, 2.05) is 19.1 Å². The third-order valence-electron chi connectivity index (χ3n) is 6.92. The van der Waals surface area contributed by atoms with Crippen molar-refractivity contribution in [1.29, 1.82) is 0 Å². The lowest BCUT2D eigenvalue weighted by Crippen LogP contribution is -2.35. The van der Waals surface area contributed by atoms with E-state index in [0.717, 1.165) is 60.2 Å². The number of ketones is 1. The van der Waals surface area contributed by atoms with Gasteiger partial charge in [0.15, 0.2) is 5.78 Å². The fourth-order valence-electron chi connectivity index (χ4n) is 5.41. The van der Waals surface area contributed by atoms with Crippen LogP contribution in [0.5, 0.6) is 0 Å². The van der Waals surface area contributed by atoms with Gasteiger partial charge in [0.1, 0.15) is 5.00 Å². The van der Waals surface area contributed by atoms with Crippen LogP contribution in [0.1, 0.15) is 78.2 Å². The molecule has 1 amide bonds. The van der Waals surface area contributed by atoms with E-state index >= 15 is 0 Å². The molecule has 7 nitrogen and oxygen atoms in total. The number of fused-ring (bicyclic) bond motifs is 1. The number of aromatic nitrogens is 1. The number of hydrogen-bond acceptors (Lipinski definition) is 7. The average molecular weight is 492 g/mol. The van der Waals surface area contributed by atoms with Crippen molar-refractivity contribution in [3.8, 4) is 0 Å². The first-order valence-electron chi connectivity index (χ1n) is 12.3. The molecule has 0 radical (unpaired) electrons. The molecule has 0 spiro atoms. The lowest BCUT2D eigenvalue weighted by molar-refractivity contribution is -0.116. The van der Waals surface area contributed by atoms with E-state index in [1.54, 1.807) is 19.3 Å². The molecule has 0 saturated carbocycles. The van der Waals surface area contributed by atoms with Crippen molar-refractivity contribution in [1.82, 2.24) is 10.3 Å². The summed E-state index contributed by atoms with van der Waals surface area (Å²) in [5.41, 5.74) is 5.01. The molecule has 182 valence electrons. The number of hydrogen-bond donors (Lipinski definition) is 2. The molecule has 2 aliphatic carbocycles. The highest BCUT2D eigenvalue weighted by atomic mass is 32.1. The normalized spacial score (nSPS) is 19.6. The third kappa shape index (κ3) is 4.31. The standard InChI is InChI=1S/C27H29N3O4S/c1-3-34-27(33)23-17-9-4-5-12-20(17)35-26(23)30-25(32)21-15(2)29-18-10-6-11-19(31)24(18)22(21)16-8-7-13-28-14-16/h7-8,13-14,22,29H,3-6,9-12H2,1-2H3,(H,30,32)/t22-/m0/s1. The van der Waals surface area contributed by atoms with Crippen LogP contribution in [0, 0.1) is 0 Å². The zero-order chi connectivity index (χ0) is 24.5. The van der Waals surface area contributed by atoms with Gasteiger partial charge in [-0.3, -0.25) is 14.6 Å². The summed E-state index contributed by atoms with van der Waals surface area (Å²) in [5.74, 6) is -1.17. The van der Waals surface area contributed by atoms with Gasteiger partial charge in [-0.25, -0.2) is 4.79 Å². The minimum Gasteiger partial charge on any atom is -0.462 e. The van der Waals surface area contributed by atoms with Crippen LogP contribution >= 0.6 is 11.3 Å². The van der Waals surface area contributed by atoms with Crippen molar-refractivity contribution >= 4 is 34.0 Å². The molecule has 2 aromatic heterocycles. The number of esters is 1. The Morgan fingerprint density at radius 2 is 2.03 bits per heavy atom. The number of nitrogens with zero attached hydrogens (tertiary/aromatic N) is 1. The molecule has 3 aliphatic rings. The Morgan fingerprint density at radius 1 is 1.20 bits per heavy atom. The molecule has 0 bridgehead atoms. The summed E-state index contributed by atoms with van der Waals surface area (Å²) >= 11 is 1.46. The summed E-state index contributed by atoms with van der Waals surface area (Å²) in [7, 11) is 0. The highest BCUT2D eigenvalue weighted by Gasteiger charge is 2.39. The van der Waals surface area contributed by atoms with E-state index in [9.17, 15) is 14.4 Å². The molecule has 2 N–H and O–H groups in total. The number of Topliss-reactive ketones (excluding diaryl/α,β-unsaturated/α-hetero) is 1. The molecule has 35 heavy (non-hydrogen) atoms. The number of carbonyl (C=O) groups excluding carboxylic acids is 3. The van der Waals surface area contributed by atoms with Crippen LogP contribution in [0.3, 0.4) is 0 Å². The number of amides is 1. The highest BCUT2D eigenvalue weighted by molar-refractivity contribution is 7.17. The second-order valence-electron chi connectivity index (χ2n) is 9.14. The predicted molar refractivity (Wildman–Crippen MR) is 134 cm³/mol. The molecule has 2 aromatic rings. The number of aryl methyl sites for hydroxylation is 1. The Bertz CT molecular complexity index is 1260. The second-order valence-corrected chi connectivity index (χ2v) is 10.2. The van der Waals surface area contributed by atoms with Gasteiger partial charge in [-0.05, 0) is 69.6 Å². The lowest BCUT2D eigenvalue weighted by Gasteiger charge is -2.34. The average Bonchev–Trinajstić information content (AvgIpc) is 3.21. The maximum absolute atomic E-state index is 13.9. The number of anilines is 1. The first-order valence-corrected chi connectivity index (χ1v) is 13.1. The van der Waals surface area contributed by atoms with Gasteiger partial charge in [-0.1, -0.05) is 6.07 Å².